The van der Waals surface area contributed by atoms with Gasteiger partial charge in [0.2, 0.25) is 0 Å². The second kappa shape index (κ2) is 79.3. The number of hydrogen-bond donors (Lipinski definition) is 0. The van der Waals surface area contributed by atoms with Crippen LogP contribution < -0.4 is 0 Å². The summed E-state index contributed by atoms with van der Waals surface area (Å²) >= 11 is 0. The molecule has 7 heterocycles. The van der Waals surface area contributed by atoms with Crippen LogP contribution in [0.1, 0.15) is 211 Å². The van der Waals surface area contributed by atoms with Crippen molar-refractivity contribution in [3.8, 4) is 0 Å². The predicted molar refractivity (Wildman–Crippen MR) is 494 cm³/mol. The zero-order valence-electron chi connectivity index (χ0n) is 74.5. The first-order valence-corrected chi connectivity index (χ1v) is 40.3. The fourth-order valence-corrected chi connectivity index (χ4v) is 8.84. The number of aromatic nitrogens is 11. The molecular weight excluding hydrogens is 1340 g/mol. The lowest BCUT2D eigenvalue weighted by atomic mass is 9.98. The largest absolute Gasteiger partial charge is 0.344 e. The van der Waals surface area contributed by atoms with Crippen molar-refractivity contribution < 1.29 is 0 Å². The number of para-hydroxylation sites is 2. The molecule has 0 fully saturated rings. The van der Waals surface area contributed by atoms with E-state index in [-0.39, 0.29) is 0 Å². The van der Waals surface area contributed by atoms with Crippen LogP contribution in [0.15, 0.2) is 281 Å². The number of benzene rings is 8. The topological polar surface area (TPSA) is 134 Å². The average molecular weight is 1490 g/mol. The number of rotatable bonds is 0. The first-order chi connectivity index (χ1) is 53.9. The Morgan fingerprint density at radius 1 is 0.218 bits per heavy atom. The van der Waals surface area contributed by atoms with Crippen molar-refractivity contribution in [1.82, 2.24) is 54.4 Å². The van der Waals surface area contributed by atoms with Crippen molar-refractivity contribution in [2.45, 2.75) is 222 Å². The van der Waals surface area contributed by atoms with Crippen molar-refractivity contribution >= 4 is 64.9 Å². The molecule has 0 atom stereocenters. The molecule has 15 aromatic rings. The van der Waals surface area contributed by atoms with Crippen molar-refractivity contribution in [2.75, 3.05) is 0 Å². The monoisotopic (exact) mass is 1490 g/mol. The zero-order chi connectivity index (χ0) is 84.7. The number of hydrogen-bond acceptors (Lipinski definition) is 10. The van der Waals surface area contributed by atoms with Crippen molar-refractivity contribution in [3.05, 3.63) is 326 Å². The van der Waals surface area contributed by atoms with Crippen LogP contribution in [0.4, 0.5) is 0 Å². The van der Waals surface area contributed by atoms with Gasteiger partial charge in [-0.25, -0.2) is 34.9 Å². The third-order valence-electron chi connectivity index (χ3n) is 13.2. The fraction of sp³-hybridized carbons (Fsp3) is 0.333. The Balaban J connectivity index is -0.000000271. The molecule has 0 radical (unpaired) electrons. The third-order valence-corrected chi connectivity index (χ3v) is 13.2. The first-order valence-electron chi connectivity index (χ1n) is 40.3. The number of pyridine rings is 3. The van der Waals surface area contributed by atoms with E-state index in [1.807, 2.05) is 262 Å². The highest BCUT2D eigenvalue weighted by Crippen LogP contribution is 2.29. The maximum Gasteiger partial charge on any atom is 0.128 e. The summed E-state index contributed by atoms with van der Waals surface area (Å²) in [7, 11) is 2.12. The average Bonchev–Trinajstić information content (AvgIpc) is 1.48. The van der Waals surface area contributed by atoms with Crippen LogP contribution in [-0.4, -0.2) is 54.4 Å². The molecular formula is C99H145N11. The van der Waals surface area contributed by atoms with Gasteiger partial charge in [0, 0.05) is 89.8 Å². The number of aryl methyl sites for hydroxylation is 9. The Bertz CT molecular complexity index is 4040. The molecule has 15 rings (SSSR count). The Kier molecular flexibility index (Phi) is 79.4. The summed E-state index contributed by atoms with van der Waals surface area (Å²) in [5, 5.41) is 13.4. The van der Waals surface area contributed by atoms with Gasteiger partial charge in [-0.2, -0.15) is 0 Å². The van der Waals surface area contributed by atoms with Crippen LogP contribution in [0.2, 0.25) is 0 Å². The zero-order valence-corrected chi connectivity index (χ0v) is 74.5. The third kappa shape index (κ3) is 47.1. The first kappa shape index (κ1) is 110. The van der Waals surface area contributed by atoms with Gasteiger partial charge in [-0.3, -0.25) is 15.0 Å². The summed E-state index contributed by atoms with van der Waals surface area (Å²) < 4.78 is 2.24. The van der Waals surface area contributed by atoms with Crippen LogP contribution in [0, 0.1) is 55.4 Å². The minimum absolute atomic E-state index is 0.759. The highest BCUT2D eigenvalue weighted by Gasteiger charge is 2.06. The number of fused-ring (bicyclic) bond motifs is 9. The van der Waals surface area contributed by atoms with Gasteiger partial charge in [0.05, 0.1) is 0 Å². The second-order valence-corrected chi connectivity index (χ2v) is 19.9. The Labute approximate surface area is 670 Å². The van der Waals surface area contributed by atoms with Gasteiger partial charge in [0.1, 0.15) is 30.6 Å². The van der Waals surface area contributed by atoms with Gasteiger partial charge in [0.25, 0.3) is 0 Å². The van der Waals surface area contributed by atoms with Crippen molar-refractivity contribution in [2.24, 2.45) is 7.05 Å². The van der Waals surface area contributed by atoms with Crippen LogP contribution in [-0.2, 0) is 7.05 Å². The van der Waals surface area contributed by atoms with E-state index in [9.17, 15) is 0 Å². The lowest BCUT2D eigenvalue weighted by Crippen LogP contribution is -1.84. The molecule has 0 amide bonds. The summed E-state index contributed by atoms with van der Waals surface area (Å²) in [6, 6.07) is 73.4. The Hall–Kier alpha value is -10.8. The smallest absolute Gasteiger partial charge is 0.128 e. The molecule has 0 aliphatic heterocycles. The van der Waals surface area contributed by atoms with Crippen LogP contribution in [0.3, 0.4) is 0 Å². The lowest BCUT2D eigenvalue weighted by molar-refractivity contribution is 0.974. The summed E-state index contributed by atoms with van der Waals surface area (Å²) in [5.74, 6) is 1.58. The van der Waals surface area contributed by atoms with E-state index in [0.29, 0.717) is 0 Å². The molecule has 11 heteroatoms. The highest BCUT2D eigenvalue weighted by molar-refractivity contribution is 6.10. The standard InChI is InChI=1S/2C15H12.C13H11N.3C6H7N.2C5H6N2.C4H5N3.12C2H6/c1-11-10-12-6-2-3-8-14(12)15-9-5-4-7-13(11)15;1-11-6-9-15-13(10-11)8-7-12-4-2-3-5-14(12)15;1-14-12-8-4-2-6-10(12)11-7-3-5-9-13(11)14;1-6-2-4-7-5-3-6;1-6-3-2-4-7-5-6;1-6-4-2-3-5-7-6;1-5-2-3-6-4-7-5;1-5-6-3-2-4-7-5;1-4-6-2-5-3-7-4;12*1-2/h2*2-10H,1H3;2-9H,1H3;3*2-5H,1H3;2*2-4H,1H3;2-3H,1H3;12*1-2H3. The van der Waals surface area contributed by atoms with Crippen LogP contribution in [0.5, 0.6) is 0 Å². The quantitative estimate of drug-likeness (QED) is 0.135. The van der Waals surface area contributed by atoms with E-state index in [1.54, 1.807) is 49.4 Å². The molecule has 110 heavy (non-hydrogen) atoms. The minimum Gasteiger partial charge on any atom is -0.344 e. The van der Waals surface area contributed by atoms with Crippen molar-refractivity contribution in [1.29, 1.82) is 0 Å². The van der Waals surface area contributed by atoms with Crippen LogP contribution in [0.25, 0.3) is 64.9 Å². The Morgan fingerprint density at radius 3 is 0.982 bits per heavy atom. The van der Waals surface area contributed by atoms with Gasteiger partial charge < -0.3 is 4.57 Å². The van der Waals surface area contributed by atoms with Gasteiger partial charge in [-0.05, 0) is 170 Å². The van der Waals surface area contributed by atoms with Gasteiger partial charge in [-0.15, -0.1) is 0 Å². The lowest BCUT2D eigenvalue weighted by Gasteiger charge is -2.06. The summed E-state index contributed by atoms with van der Waals surface area (Å²) in [5.41, 5.74) is 9.82. The molecule has 0 saturated carbocycles. The molecule has 0 aliphatic carbocycles. The molecule has 0 N–H and O–H groups in total. The maximum absolute atomic E-state index is 3.98. The van der Waals surface area contributed by atoms with Crippen LogP contribution >= 0.6 is 0 Å². The highest BCUT2D eigenvalue weighted by atomic mass is 15.0. The molecule has 596 valence electrons. The minimum atomic E-state index is 0.759. The summed E-state index contributed by atoms with van der Waals surface area (Å²) in [4.78, 5) is 38.2. The van der Waals surface area contributed by atoms with E-state index in [2.05, 4.69) is 233 Å². The Morgan fingerprint density at radius 2 is 0.609 bits per heavy atom. The molecule has 0 bridgehead atoms. The molecule has 0 saturated heterocycles. The number of nitrogens with zero attached hydrogens (tertiary/aromatic N) is 11. The molecule has 0 aliphatic rings. The molecule has 8 aromatic carbocycles. The predicted octanol–water partition coefficient (Wildman–Crippen LogP) is 30.2. The molecule has 0 spiro atoms. The normalized spacial score (nSPS) is 8.41. The van der Waals surface area contributed by atoms with E-state index in [1.165, 1.54) is 106 Å². The molecule has 7 aromatic heterocycles. The van der Waals surface area contributed by atoms with E-state index < -0.39 is 0 Å². The van der Waals surface area contributed by atoms with E-state index in [0.717, 1.165) is 23.0 Å². The van der Waals surface area contributed by atoms with Gasteiger partial charge in [0.15, 0.2) is 0 Å². The molecule has 11 nitrogen and oxygen atoms in total. The molecule has 0 unspecified atom stereocenters. The van der Waals surface area contributed by atoms with Gasteiger partial charge >= 0.3 is 0 Å². The maximum atomic E-state index is 3.98. The van der Waals surface area contributed by atoms with Crippen molar-refractivity contribution in [3.63, 3.8) is 0 Å². The second-order valence-electron chi connectivity index (χ2n) is 19.9. The fourth-order valence-electron chi connectivity index (χ4n) is 8.84. The SMILES string of the molecule is CC.CC.CC.CC.CC.CC.CC.CC.CC.CC.CC.CC.Cc1cc2ccccc2c2ccccc12.Cc1ccc2c(ccc3ccccc32)c1.Cc1ccccn1.Cc1cccnc1.Cc1ccncc1.Cc1ccncn1.Cc1ncccn1.Cc1ncncn1.Cn1c2ccccc2c2ccccc21. The van der Waals surface area contributed by atoms with Gasteiger partial charge in [-0.1, -0.05) is 329 Å². The van der Waals surface area contributed by atoms with E-state index in [4.69, 9.17) is 0 Å². The summed E-state index contributed by atoms with van der Waals surface area (Å²) in [6.07, 6.45) is 18.6. The summed E-state index contributed by atoms with van der Waals surface area (Å²) in [6.45, 7) is 64.0. The van der Waals surface area contributed by atoms with E-state index >= 15 is 0 Å².